The number of benzene rings is 1. The van der Waals surface area contributed by atoms with E-state index < -0.39 is 21.5 Å². The van der Waals surface area contributed by atoms with Crippen LogP contribution >= 0.6 is 0 Å². The van der Waals surface area contributed by atoms with E-state index in [0.717, 1.165) is 41.8 Å². The number of rotatable bonds is 4. The SMILES string of the molecule is Cc1ccc(N2C(=O)CN(S(C)(=O)=O)CC2(C)C(=O)NC2CCCCC2)cc1. The van der Waals surface area contributed by atoms with Crippen LogP contribution < -0.4 is 10.2 Å². The molecule has 0 aromatic heterocycles. The van der Waals surface area contributed by atoms with Gasteiger partial charge in [-0.3, -0.25) is 14.5 Å². The highest BCUT2D eigenvalue weighted by Crippen LogP contribution is 2.31. The first-order chi connectivity index (χ1) is 13.1. The minimum atomic E-state index is -3.60. The molecule has 1 aliphatic carbocycles. The van der Waals surface area contributed by atoms with Crippen LogP contribution in [0.4, 0.5) is 5.69 Å². The van der Waals surface area contributed by atoms with Crippen LogP contribution in [0.1, 0.15) is 44.6 Å². The zero-order valence-corrected chi connectivity index (χ0v) is 17.6. The number of nitrogens with zero attached hydrogens (tertiary/aromatic N) is 2. The van der Waals surface area contributed by atoms with Crippen molar-refractivity contribution in [2.24, 2.45) is 0 Å². The Balaban J connectivity index is 1.96. The summed E-state index contributed by atoms with van der Waals surface area (Å²) in [5.74, 6) is -0.705. The lowest BCUT2D eigenvalue weighted by Gasteiger charge is -2.47. The Morgan fingerprint density at radius 2 is 1.75 bits per heavy atom. The van der Waals surface area contributed by atoms with Crippen molar-refractivity contribution in [3.63, 3.8) is 0 Å². The van der Waals surface area contributed by atoms with Crippen LogP contribution in [0.2, 0.25) is 0 Å². The molecule has 1 unspecified atom stereocenters. The molecule has 1 atom stereocenters. The number of sulfonamides is 1. The van der Waals surface area contributed by atoms with Crippen LogP contribution in [0.25, 0.3) is 0 Å². The van der Waals surface area contributed by atoms with Crippen molar-refractivity contribution in [2.75, 3.05) is 24.2 Å². The van der Waals surface area contributed by atoms with Gasteiger partial charge in [0.15, 0.2) is 0 Å². The zero-order valence-electron chi connectivity index (χ0n) is 16.8. The van der Waals surface area contributed by atoms with Crippen molar-refractivity contribution >= 4 is 27.5 Å². The second-order valence-corrected chi connectivity index (χ2v) is 10.2. The number of carbonyl (C=O) groups excluding carboxylic acids is 2. The van der Waals surface area contributed by atoms with Crippen LogP contribution in [0.3, 0.4) is 0 Å². The highest BCUT2D eigenvalue weighted by atomic mass is 32.2. The Morgan fingerprint density at radius 1 is 1.14 bits per heavy atom. The van der Waals surface area contributed by atoms with Crippen LogP contribution in [0.15, 0.2) is 24.3 Å². The van der Waals surface area contributed by atoms with Crippen LogP contribution in [0.5, 0.6) is 0 Å². The van der Waals surface area contributed by atoms with E-state index in [9.17, 15) is 18.0 Å². The molecule has 1 aromatic carbocycles. The fraction of sp³-hybridized carbons (Fsp3) is 0.600. The zero-order chi connectivity index (χ0) is 20.5. The monoisotopic (exact) mass is 407 g/mol. The Hall–Kier alpha value is -1.93. The molecule has 7 nitrogen and oxygen atoms in total. The van der Waals surface area contributed by atoms with E-state index >= 15 is 0 Å². The molecular formula is C20H29N3O4S. The number of piperazine rings is 1. The van der Waals surface area contributed by atoms with E-state index in [1.54, 1.807) is 19.1 Å². The fourth-order valence-electron chi connectivity index (χ4n) is 4.09. The number of carbonyl (C=O) groups is 2. The van der Waals surface area contributed by atoms with Crippen LogP contribution in [-0.4, -0.2) is 55.5 Å². The number of aryl methyl sites for hydroxylation is 1. The van der Waals surface area contributed by atoms with E-state index in [-0.39, 0.29) is 25.0 Å². The summed E-state index contributed by atoms with van der Waals surface area (Å²) in [4.78, 5) is 27.8. The smallest absolute Gasteiger partial charge is 0.247 e. The number of hydrogen-bond donors (Lipinski definition) is 1. The van der Waals surface area contributed by atoms with Gasteiger partial charge >= 0.3 is 0 Å². The van der Waals surface area contributed by atoms with E-state index in [4.69, 9.17) is 0 Å². The van der Waals surface area contributed by atoms with E-state index in [1.165, 1.54) is 11.3 Å². The summed E-state index contributed by atoms with van der Waals surface area (Å²) < 4.78 is 25.4. The summed E-state index contributed by atoms with van der Waals surface area (Å²) in [5.41, 5.74) is 0.329. The normalized spacial score (nSPS) is 25.0. The van der Waals surface area contributed by atoms with Gasteiger partial charge < -0.3 is 5.32 Å². The fourth-order valence-corrected chi connectivity index (χ4v) is 4.92. The summed E-state index contributed by atoms with van der Waals surface area (Å²) in [6.45, 7) is 3.27. The summed E-state index contributed by atoms with van der Waals surface area (Å²) >= 11 is 0. The number of anilines is 1. The molecule has 1 heterocycles. The molecule has 0 bridgehead atoms. The average molecular weight is 408 g/mol. The second kappa shape index (κ2) is 7.83. The summed E-state index contributed by atoms with van der Waals surface area (Å²) in [6.07, 6.45) is 6.20. The Morgan fingerprint density at radius 3 is 2.32 bits per heavy atom. The third-order valence-electron chi connectivity index (χ3n) is 5.73. The highest BCUT2D eigenvalue weighted by Gasteiger charge is 2.50. The van der Waals surface area contributed by atoms with Gasteiger partial charge in [0.1, 0.15) is 5.54 Å². The topological polar surface area (TPSA) is 86.8 Å². The standard InChI is InChI=1S/C20H29N3O4S/c1-15-9-11-17(12-10-15)23-18(24)13-22(28(3,26)27)14-20(23,2)19(25)21-16-7-5-4-6-8-16/h9-12,16H,4-8,13-14H2,1-3H3,(H,21,25). The molecule has 0 spiro atoms. The minimum absolute atomic E-state index is 0.0655. The molecule has 1 saturated heterocycles. The first-order valence-electron chi connectivity index (χ1n) is 9.77. The van der Waals surface area contributed by atoms with E-state index in [0.29, 0.717) is 5.69 Å². The van der Waals surface area contributed by atoms with Gasteiger partial charge in [-0.25, -0.2) is 8.42 Å². The van der Waals surface area contributed by atoms with Gasteiger partial charge in [0.2, 0.25) is 21.8 Å². The minimum Gasteiger partial charge on any atom is -0.351 e. The van der Waals surface area contributed by atoms with Crippen molar-refractivity contribution in [1.29, 1.82) is 0 Å². The molecule has 28 heavy (non-hydrogen) atoms. The molecule has 2 aliphatic rings. The molecule has 1 N–H and O–H groups in total. The van der Waals surface area contributed by atoms with Gasteiger partial charge in [0, 0.05) is 18.3 Å². The maximum absolute atomic E-state index is 13.3. The molecule has 0 radical (unpaired) electrons. The van der Waals surface area contributed by atoms with Gasteiger partial charge in [-0.15, -0.1) is 0 Å². The molecule has 2 fully saturated rings. The van der Waals surface area contributed by atoms with Crippen molar-refractivity contribution in [3.8, 4) is 0 Å². The summed E-state index contributed by atoms with van der Waals surface area (Å²) in [7, 11) is -3.60. The molecule has 8 heteroatoms. The number of amides is 2. The lowest BCUT2D eigenvalue weighted by Crippen LogP contribution is -2.70. The molecule has 1 aliphatic heterocycles. The first-order valence-corrected chi connectivity index (χ1v) is 11.6. The third-order valence-corrected chi connectivity index (χ3v) is 6.93. The molecule has 1 saturated carbocycles. The van der Waals surface area contributed by atoms with Gasteiger partial charge in [0.25, 0.3) is 0 Å². The summed E-state index contributed by atoms with van der Waals surface area (Å²) in [5, 5.41) is 3.08. The number of hydrogen-bond acceptors (Lipinski definition) is 4. The lowest BCUT2D eigenvalue weighted by molar-refractivity contribution is -0.133. The molecule has 154 valence electrons. The van der Waals surface area contributed by atoms with Crippen LogP contribution in [0, 0.1) is 6.92 Å². The molecule has 1 aromatic rings. The van der Waals surface area contributed by atoms with Gasteiger partial charge in [-0.05, 0) is 38.8 Å². The molecular weight excluding hydrogens is 378 g/mol. The lowest BCUT2D eigenvalue weighted by atomic mass is 9.91. The maximum Gasteiger partial charge on any atom is 0.247 e. The maximum atomic E-state index is 13.3. The predicted octanol–water partition coefficient (Wildman–Crippen LogP) is 1.81. The van der Waals surface area contributed by atoms with Gasteiger partial charge in [0.05, 0.1) is 12.8 Å². The van der Waals surface area contributed by atoms with E-state index in [1.807, 2.05) is 19.1 Å². The van der Waals surface area contributed by atoms with Crippen LogP contribution in [-0.2, 0) is 19.6 Å². The number of nitrogens with one attached hydrogen (secondary N) is 1. The average Bonchev–Trinajstić information content (AvgIpc) is 2.63. The van der Waals surface area contributed by atoms with E-state index in [2.05, 4.69) is 5.32 Å². The Bertz CT molecular complexity index is 847. The van der Waals surface area contributed by atoms with Gasteiger partial charge in [-0.1, -0.05) is 37.0 Å². The first kappa shape index (κ1) is 20.8. The Labute approximate surface area is 167 Å². The predicted molar refractivity (Wildman–Crippen MR) is 109 cm³/mol. The molecule has 3 rings (SSSR count). The largest absolute Gasteiger partial charge is 0.351 e. The third kappa shape index (κ3) is 4.22. The van der Waals surface area contributed by atoms with Crippen molar-refractivity contribution in [2.45, 2.75) is 57.5 Å². The van der Waals surface area contributed by atoms with Crippen molar-refractivity contribution < 1.29 is 18.0 Å². The highest BCUT2D eigenvalue weighted by molar-refractivity contribution is 7.88. The van der Waals surface area contributed by atoms with Gasteiger partial charge in [-0.2, -0.15) is 4.31 Å². The van der Waals surface area contributed by atoms with Crippen molar-refractivity contribution in [1.82, 2.24) is 9.62 Å². The summed E-state index contributed by atoms with van der Waals surface area (Å²) in [6, 6.07) is 7.43. The van der Waals surface area contributed by atoms with Crippen molar-refractivity contribution in [3.05, 3.63) is 29.8 Å². The Kier molecular flexibility index (Phi) is 5.82. The second-order valence-electron chi connectivity index (χ2n) is 8.18. The molecule has 2 amide bonds. The quantitative estimate of drug-likeness (QED) is 0.825.